The maximum Gasteiger partial charge on any atom is 0.264 e. The molecule has 3 rings (SSSR count). The van der Waals surface area contributed by atoms with Gasteiger partial charge in [-0.25, -0.2) is 4.39 Å². The van der Waals surface area contributed by atoms with Gasteiger partial charge in [0, 0.05) is 0 Å². The van der Waals surface area contributed by atoms with Crippen molar-refractivity contribution in [3.63, 3.8) is 0 Å². The van der Waals surface area contributed by atoms with Gasteiger partial charge in [0.2, 0.25) is 5.13 Å². The number of aromatic nitrogens is 2. The van der Waals surface area contributed by atoms with E-state index in [0.717, 1.165) is 5.56 Å². The Kier molecular flexibility index (Phi) is 5.20. The third kappa shape index (κ3) is 4.30. The van der Waals surface area contributed by atoms with E-state index in [2.05, 4.69) is 15.5 Å². The van der Waals surface area contributed by atoms with Crippen LogP contribution in [-0.2, 0) is 4.79 Å². The topological polar surface area (TPSA) is 73.3 Å². The molecule has 2 aromatic carbocycles. The molecule has 128 valence electrons. The first-order valence-corrected chi connectivity index (χ1v) is 8.12. The van der Waals surface area contributed by atoms with Crippen molar-refractivity contribution in [2.45, 2.75) is 0 Å². The standard InChI is InChI=1S/C17H14FN3O3S/c1-23-14-5-3-2-4-13(14)16-20-21-17(25-16)19-15(22)10-24-12-8-6-11(18)7-9-12/h2-9H,10H2,1H3,(H,19,21,22). The summed E-state index contributed by atoms with van der Waals surface area (Å²) in [6.45, 7) is -0.213. The van der Waals surface area contributed by atoms with E-state index in [9.17, 15) is 9.18 Å². The lowest BCUT2D eigenvalue weighted by Gasteiger charge is -2.05. The van der Waals surface area contributed by atoms with E-state index in [0.29, 0.717) is 21.6 Å². The molecule has 0 saturated carbocycles. The molecular formula is C17H14FN3O3S. The largest absolute Gasteiger partial charge is 0.496 e. The second kappa shape index (κ2) is 7.71. The number of para-hydroxylation sites is 1. The number of methoxy groups -OCH3 is 1. The zero-order valence-electron chi connectivity index (χ0n) is 13.2. The summed E-state index contributed by atoms with van der Waals surface area (Å²) in [4.78, 5) is 11.9. The molecule has 1 amide bonds. The first kappa shape index (κ1) is 16.8. The lowest BCUT2D eigenvalue weighted by atomic mass is 10.2. The highest BCUT2D eigenvalue weighted by Gasteiger charge is 2.13. The van der Waals surface area contributed by atoms with Crippen LogP contribution in [0.3, 0.4) is 0 Å². The van der Waals surface area contributed by atoms with Gasteiger partial charge in [0.15, 0.2) is 11.6 Å². The average Bonchev–Trinajstić information content (AvgIpc) is 3.09. The number of hydrogen-bond acceptors (Lipinski definition) is 6. The SMILES string of the molecule is COc1ccccc1-c1nnc(NC(=O)COc2ccc(F)cc2)s1. The highest BCUT2D eigenvalue weighted by molar-refractivity contribution is 7.18. The van der Waals surface area contributed by atoms with E-state index < -0.39 is 0 Å². The smallest absolute Gasteiger partial charge is 0.264 e. The normalized spacial score (nSPS) is 10.3. The van der Waals surface area contributed by atoms with Crippen molar-refractivity contribution in [3.8, 4) is 22.1 Å². The predicted octanol–water partition coefficient (Wildman–Crippen LogP) is 3.37. The molecule has 0 unspecified atom stereocenters. The Morgan fingerprint density at radius 3 is 2.68 bits per heavy atom. The molecular weight excluding hydrogens is 345 g/mol. The Bertz CT molecular complexity index is 868. The van der Waals surface area contributed by atoms with Crippen LogP contribution in [0, 0.1) is 5.82 Å². The average molecular weight is 359 g/mol. The first-order chi connectivity index (χ1) is 12.2. The number of hydrogen-bond donors (Lipinski definition) is 1. The fourth-order valence-corrected chi connectivity index (χ4v) is 2.83. The third-order valence-electron chi connectivity index (χ3n) is 3.19. The Hall–Kier alpha value is -3.00. The number of carbonyl (C=O) groups excluding carboxylic acids is 1. The molecule has 8 heteroatoms. The van der Waals surface area contributed by atoms with Crippen LogP contribution in [0.1, 0.15) is 0 Å². The molecule has 0 aliphatic heterocycles. The number of carbonyl (C=O) groups is 1. The zero-order chi connectivity index (χ0) is 17.6. The van der Waals surface area contributed by atoms with Crippen LogP contribution in [0.15, 0.2) is 48.5 Å². The summed E-state index contributed by atoms with van der Waals surface area (Å²) in [6.07, 6.45) is 0. The number of anilines is 1. The molecule has 0 bridgehead atoms. The van der Waals surface area contributed by atoms with Gasteiger partial charge in [-0.2, -0.15) is 0 Å². The van der Waals surface area contributed by atoms with Gasteiger partial charge in [0.05, 0.1) is 12.7 Å². The summed E-state index contributed by atoms with van der Waals surface area (Å²) in [5, 5.41) is 11.6. The molecule has 0 radical (unpaired) electrons. The molecule has 0 aliphatic carbocycles. The zero-order valence-corrected chi connectivity index (χ0v) is 14.0. The number of benzene rings is 2. The number of nitrogens with zero attached hydrogens (tertiary/aromatic N) is 2. The summed E-state index contributed by atoms with van der Waals surface area (Å²) >= 11 is 1.23. The van der Waals surface area contributed by atoms with Crippen LogP contribution < -0.4 is 14.8 Å². The number of rotatable bonds is 6. The van der Waals surface area contributed by atoms with Crippen LogP contribution in [0.25, 0.3) is 10.6 Å². The minimum atomic E-state index is -0.382. The lowest BCUT2D eigenvalue weighted by Crippen LogP contribution is -2.20. The van der Waals surface area contributed by atoms with Crippen molar-refractivity contribution in [1.29, 1.82) is 0 Å². The molecule has 0 saturated heterocycles. The monoisotopic (exact) mass is 359 g/mol. The predicted molar refractivity (Wildman–Crippen MR) is 92.4 cm³/mol. The van der Waals surface area contributed by atoms with Gasteiger partial charge < -0.3 is 9.47 Å². The molecule has 6 nitrogen and oxygen atoms in total. The van der Waals surface area contributed by atoms with Gasteiger partial charge in [0.1, 0.15) is 17.3 Å². The Labute approximate surface area is 147 Å². The molecule has 0 aliphatic rings. The summed E-state index contributed by atoms with van der Waals surface area (Å²) in [6, 6.07) is 12.8. The van der Waals surface area contributed by atoms with Crippen molar-refractivity contribution < 1.29 is 18.7 Å². The molecule has 0 fully saturated rings. The second-order valence-corrected chi connectivity index (χ2v) is 5.88. The molecule has 1 heterocycles. The van der Waals surface area contributed by atoms with Crippen LogP contribution in [0.5, 0.6) is 11.5 Å². The van der Waals surface area contributed by atoms with Crippen molar-refractivity contribution in [2.24, 2.45) is 0 Å². The molecule has 1 N–H and O–H groups in total. The van der Waals surface area contributed by atoms with E-state index in [-0.39, 0.29) is 18.3 Å². The van der Waals surface area contributed by atoms with E-state index in [1.807, 2.05) is 24.3 Å². The number of nitrogens with one attached hydrogen (secondary N) is 1. The van der Waals surface area contributed by atoms with Crippen molar-refractivity contribution >= 4 is 22.4 Å². The van der Waals surface area contributed by atoms with E-state index in [4.69, 9.17) is 9.47 Å². The molecule has 1 aromatic heterocycles. The third-order valence-corrected chi connectivity index (χ3v) is 4.06. The number of ether oxygens (including phenoxy) is 2. The summed E-state index contributed by atoms with van der Waals surface area (Å²) in [7, 11) is 1.58. The maximum absolute atomic E-state index is 12.8. The van der Waals surface area contributed by atoms with E-state index in [1.54, 1.807) is 7.11 Å². The van der Waals surface area contributed by atoms with Gasteiger partial charge in [-0.15, -0.1) is 10.2 Å². The van der Waals surface area contributed by atoms with Crippen LogP contribution >= 0.6 is 11.3 Å². The Balaban J connectivity index is 1.61. The van der Waals surface area contributed by atoms with Gasteiger partial charge >= 0.3 is 0 Å². The van der Waals surface area contributed by atoms with Crippen LogP contribution in [0.4, 0.5) is 9.52 Å². The summed E-state index contributed by atoms with van der Waals surface area (Å²) < 4.78 is 23.4. The summed E-state index contributed by atoms with van der Waals surface area (Å²) in [5.41, 5.74) is 0.797. The number of halogens is 1. The van der Waals surface area contributed by atoms with Crippen LogP contribution in [-0.4, -0.2) is 29.8 Å². The maximum atomic E-state index is 12.8. The lowest BCUT2D eigenvalue weighted by molar-refractivity contribution is -0.118. The minimum Gasteiger partial charge on any atom is -0.496 e. The minimum absolute atomic E-state index is 0.213. The molecule has 3 aromatic rings. The Morgan fingerprint density at radius 1 is 1.16 bits per heavy atom. The molecule has 0 spiro atoms. The molecule has 25 heavy (non-hydrogen) atoms. The van der Waals surface area contributed by atoms with Gasteiger partial charge in [0.25, 0.3) is 5.91 Å². The highest BCUT2D eigenvalue weighted by atomic mass is 32.1. The fraction of sp³-hybridized carbons (Fsp3) is 0.118. The molecule has 0 atom stereocenters. The Morgan fingerprint density at radius 2 is 1.92 bits per heavy atom. The van der Waals surface area contributed by atoms with Gasteiger partial charge in [-0.05, 0) is 36.4 Å². The fourth-order valence-electron chi connectivity index (χ4n) is 2.04. The first-order valence-electron chi connectivity index (χ1n) is 7.31. The van der Waals surface area contributed by atoms with E-state index >= 15 is 0 Å². The van der Waals surface area contributed by atoms with Gasteiger partial charge in [-0.3, -0.25) is 10.1 Å². The van der Waals surface area contributed by atoms with Crippen molar-refractivity contribution in [3.05, 3.63) is 54.3 Å². The van der Waals surface area contributed by atoms with Gasteiger partial charge in [-0.1, -0.05) is 23.5 Å². The summed E-state index contributed by atoms with van der Waals surface area (Å²) in [5.74, 6) is 0.335. The highest BCUT2D eigenvalue weighted by Crippen LogP contribution is 2.33. The van der Waals surface area contributed by atoms with E-state index in [1.165, 1.54) is 35.6 Å². The number of amides is 1. The second-order valence-electron chi connectivity index (χ2n) is 4.90. The van der Waals surface area contributed by atoms with Crippen LogP contribution in [0.2, 0.25) is 0 Å². The quantitative estimate of drug-likeness (QED) is 0.730. The van der Waals surface area contributed by atoms with Crippen molar-refractivity contribution in [2.75, 3.05) is 19.0 Å². The van der Waals surface area contributed by atoms with Crippen molar-refractivity contribution in [1.82, 2.24) is 10.2 Å².